The van der Waals surface area contributed by atoms with Crippen LogP contribution in [-0.4, -0.2) is 0 Å². The third kappa shape index (κ3) is 5.85. The summed E-state index contributed by atoms with van der Waals surface area (Å²) in [7, 11) is 0. The van der Waals surface area contributed by atoms with Crippen LogP contribution in [0.25, 0.3) is 0 Å². The highest BCUT2D eigenvalue weighted by atomic mass is 35.5. The van der Waals surface area contributed by atoms with Crippen LogP contribution in [0.3, 0.4) is 0 Å². The molecule has 1 aromatic carbocycles. The first kappa shape index (κ1) is 13.1. The first-order valence-corrected chi connectivity index (χ1v) is 3.15. The van der Waals surface area contributed by atoms with E-state index < -0.39 is 0 Å². The molecular formula is C8H15ClN2. The average Bonchev–Trinajstić information content (AvgIpc) is 1.91. The van der Waals surface area contributed by atoms with Gasteiger partial charge in [0, 0.05) is 0 Å². The van der Waals surface area contributed by atoms with Crippen molar-refractivity contribution in [2.75, 3.05) is 0 Å². The molecule has 1 aromatic rings. The minimum absolute atomic E-state index is 0. The van der Waals surface area contributed by atoms with Crippen molar-refractivity contribution >= 4 is 12.4 Å². The second-order valence-electron chi connectivity index (χ2n) is 2.16. The van der Waals surface area contributed by atoms with E-state index in [0.29, 0.717) is 0 Å². The summed E-state index contributed by atoms with van der Waals surface area (Å²) >= 11 is 0. The van der Waals surface area contributed by atoms with Crippen molar-refractivity contribution in [3.8, 4) is 0 Å². The van der Waals surface area contributed by atoms with Crippen LogP contribution in [0, 0.1) is 13.8 Å². The molecule has 2 nitrogen and oxygen atoms in total. The van der Waals surface area contributed by atoms with Gasteiger partial charge in [-0.05, 0) is 13.8 Å². The molecule has 0 radical (unpaired) electrons. The van der Waals surface area contributed by atoms with Gasteiger partial charge in [-0.1, -0.05) is 35.4 Å². The van der Waals surface area contributed by atoms with Crippen LogP contribution < -0.4 is 11.7 Å². The summed E-state index contributed by atoms with van der Waals surface area (Å²) < 4.78 is 0. The molecule has 0 bridgehead atoms. The highest BCUT2D eigenvalue weighted by molar-refractivity contribution is 5.85. The van der Waals surface area contributed by atoms with Crippen molar-refractivity contribution in [1.82, 2.24) is 0 Å². The lowest BCUT2D eigenvalue weighted by Crippen LogP contribution is -2.02. The van der Waals surface area contributed by atoms with Gasteiger partial charge in [-0.25, -0.2) is 0 Å². The fraction of sp³-hybridized carbons (Fsp3) is 0.250. The summed E-state index contributed by atoms with van der Waals surface area (Å²) in [6.07, 6.45) is 0. The number of halogens is 1. The van der Waals surface area contributed by atoms with Crippen LogP contribution in [0.1, 0.15) is 11.1 Å². The molecular weight excluding hydrogens is 160 g/mol. The van der Waals surface area contributed by atoms with Crippen molar-refractivity contribution in [3.63, 3.8) is 0 Å². The van der Waals surface area contributed by atoms with Crippen molar-refractivity contribution in [2.45, 2.75) is 13.8 Å². The summed E-state index contributed by atoms with van der Waals surface area (Å²) in [5.41, 5.74) is 2.68. The number of hydrogen-bond donors (Lipinski definition) is 2. The molecule has 0 aliphatic rings. The zero-order chi connectivity index (χ0) is 7.98. The first-order chi connectivity index (χ1) is 4.79. The van der Waals surface area contributed by atoms with Gasteiger partial charge in [0.05, 0.1) is 0 Å². The van der Waals surface area contributed by atoms with Gasteiger partial charge in [-0.3, -0.25) is 11.7 Å². The number of rotatable bonds is 0. The zero-order valence-corrected chi connectivity index (χ0v) is 7.69. The van der Waals surface area contributed by atoms with E-state index in [0.717, 1.165) is 0 Å². The summed E-state index contributed by atoms with van der Waals surface area (Å²) in [6, 6.07) is 8.45. The first-order valence-electron chi connectivity index (χ1n) is 3.15. The molecule has 64 valence electrons. The molecule has 3 heteroatoms. The molecule has 11 heavy (non-hydrogen) atoms. The van der Waals surface area contributed by atoms with Crippen LogP contribution in [0.2, 0.25) is 0 Å². The topological polar surface area (TPSA) is 52.0 Å². The molecule has 0 aliphatic heterocycles. The predicted molar refractivity (Wildman–Crippen MR) is 51.5 cm³/mol. The Morgan fingerprint density at radius 3 is 1.55 bits per heavy atom. The Labute approximate surface area is 74.0 Å². The quantitative estimate of drug-likeness (QED) is 0.463. The summed E-state index contributed by atoms with van der Waals surface area (Å²) in [4.78, 5) is 0. The monoisotopic (exact) mass is 174 g/mol. The molecule has 0 saturated carbocycles. The Balaban J connectivity index is 0. The largest absolute Gasteiger partial charge is 0.274 e. The SMILES string of the molecule is Cc1cccc(C)c1.Cl.NN. The van der Waals surface area contributed by atoms with Crippen molar-refractivity contribution < 1.29 is 0 Å². The van der Waals surface area contributed by atoms with Gasteiger partial charge < -0.3 is 0 Å². The third-order valence-electron chi connectivity index (χ3n) is 1.17. The molecule has 4 N–H and O–H groups in total. The fourth-order valence-electron chi connectivity index (χ4n) is 0.807. The zero-order valence-electron chi connectivity index (χ0n) is 6.87. The molecule has 1 rings (SSSR count). The average molecular weight is 175 g/mol. The lowest BCUT2D eigenvalue weighted by molar-refractivity contribution is 1.26. The van der Waals surface area contributed by atoms with Gasteiger partial charge >= 0.3 is 0 Å². The predicted octanol–water partition coefficient (Wildman–Crippen LogP) is 1.54. The van der Waals surface area contributed by atoms with E-state index in [-0.39, 0.29) is 12.4 Å². The second-order valence-corrected chi connectivity index (χ2v) is 2.16. The maximum Gasteiger partial charge on any atom is -0.0398 e. The lowest BCUT2D eigenvalue weighted by atomic mass is 10.2. The van der Waals surface area contributed by atoms with Gasteiger partial charge in [0.15, 0.2) is 0 Å². The second kappa shape index (κ2) is 7.54. The number of benzene rings is 1. The minimum Gasteiger partial charge on any atom is -0.274 e. The van der Waals surface area contributed by atoms with Gasteiger partial charge in [0.25, 0.3) is 0 Å². The number of aryl methyl sites for hydroxylation is 2. The van der Waals surface area contributed by atoms with Crippen LogP contribution in [-0.2, 0) is 0 Å². The number of hydrogen-bond acceptors (Lipinski definition) is 2. The van der Waals surface area contributed by atoms with Crippen LogP contribution in [0.4, 0.5) is 0 Å². The van der Waals surface area contributed by atoms with Crippen molar-refractivity contribution in [2.24, 2.45) is 11.7 Å². The molecule has 0 saturated heterocycles. The Morgan fingerprint density at radius 2 is 1.36 bits per heavy atom. The van der Waals surface area contributed by atoms with Crippen LogP contribution in [0.5, 0.6) is 0 Å². The smallest absolute Gasteiger partial charge is 0.0398 e. The van der Waals surface area contributed by atoms with Crippen molar-refractivity contribution in [1.29, 1.82) is 0 Å². The molecule has 0 amide bonds. The molecule has 0 fully saturated rings. The van der Waals surface area contributed by atoms with Gasteiger partial charge in [-0.15, -0.1) is 12.4 Å². The summed E-state index contributed by atoms with van der Waals surface area (Å²) in [5, 5.41) is 0. The molecule has 0 aliphatic carbocycles. The van der Waals surface area contributed by atoms with E-state index >= 15 is 0 Å². The highest BCUT2D eigenvalue weighted by Crippen LogP contribution is 2.00. The van der Waals surface area contributed by atoms with E-state index in [1.165, 1.54) is 11.1 Å². The Kier molecular flexibility index (Phi) is 8.94. The van der Waals surface area contributed by atoms with E-state index in [2.05, 4.69) is 49.8 Å². The molecule has 0 aromatic heterocycles. The molecule has 0 unspecified atom stereocenters. The Bertz CT molecular complexity index is 172. The van der Waals surface area contributed by atoms with Gasteiger partial charge in [-0.2, -0.15) is 0 Å². The van der Waals surface area contributed by atoms with E-state index in [4.69, 9.17) is 0 Å². The van der Waals surface area contributed by atoms with E-state index in [1.807, 2.05) is 0 Å². The Hall–Kier alpha value is -0.570. The van der Waals surface area contributed by atoms with E-state index in [1.54, 1.807) is 0 Å². The number of nitrogens with two attached hydrogens (primary N) is 2. The Morgan fingerprint density at radius 1 is 1.00 bits per heavy atom. The fourth-order valence-corrected chi connectivity index (χ4v) is 0.807. The summed E-state index contributed by atoms with van der Waals surface area (Å²) in [6.45, 7) is 4.21. The standard InChI is InChI=1S/C8H10.ClH.H4N2/c1-7-4-3-5-8(2)6-7;;1-2/h3-6H,1-2H3;1H;1-2H2. The third-order valence-corrected chi connectivity index (χ3v) is 1.17. The molecule has 0 spiro atoms. The van der Waals surface area contributed by atoms with Gasteiger partial charge in [0.2, 0.25) is 0 Å². The minimum atomic E-state index is 0. The molecule has 0 heterocycles. The number of hydrazine groups is 1. The maximum atomic E-state index is 4.00. The lowest BCUT2D eigenvalue weighted by Gasteiger charge is -1.90. The van der Waals surface area contributed by atoms with E-state index in [9.17, 15) is 0 Å². The summed E-state index contributed by atoms with van der Waals surface area (Å²) in [5.74, 6) is 8.00. The van der Waals surface area contributed by atoms with Crippen LogP contribution >= 0.6 is 12.4 Å². The van der Waals surface area contributed by atoms with Crippen LogP contribution in [0.15, 0.2) is 24.3 Å². The molecule has 0 atom stereocenters. The van der Waals surface area contributed by atoms with Gasteiger partial charge in [0.1, 0.15) is 0 Å². The normalized spacial score (nSPS) is 7.27. The van der Waals surface area contributed by atoms with Crippen molar-refractivity contribution in [3.05, 3.63) is 35.4 Å². The highest BCUT2D eigenvalue weighted by Gasteiger charge is 1.80. The maximum absolute atomic E-state index is 4.00.